The van der Waals surface area contributed by atoms with E-state index >= 15 is 0 Å². The summed E-state index contributed by atoms with van der Waals surface area (Å²) in [5, 5.41) is 1.43. The summed E-state index contributed by atoms with van der Waals surface area (Å²) >= 11 is 7.66. The Bertz CT molecular complexity index is 1280. The van der Waals surface area contributed by atoms with Crippen molar-refractivity contribution in [2.45, 2.75) is 38.3 Å². The number of anilines is 1. The van der Waals surface area contributed by atoms with Crippen LogP contribution in [0.1, 0.15) is 35.2 Å². The smallest absolute Gasteiger partial charge is 0.257 e. The topological polar surface area (TPSA) is 58.4 Å². The van der Waals surface area contributed by atoms with Crippen LogP contribution in [-0.4, -0.2) is 52.3 Å². The number of aromatic nitrogens is 2. The van der Waals surface area contributed by atoms with E-state index in [-0.39, 0.29) is 11.5 Å². The molecular weight excluding hydrogens is 492 g/mol. The Morgan fingerprint density at radius 2 is 1.81 bits per heavy atom. The van der Waals surface area contributed by atoms with Gasteiger partial charge in [0.2, 0.25) is 5.91 Å². The van der Waals surface area contributed by atoms with Crippen molar-refractivity contribution >= 4 is 35.0 Å². The van der Waals surface area contributed by atoms with Crippen LogP contribution in [0.3, 0.4) is 0 Å². The van der Waals surface area contributed by atoms with Crippen molar-refractivity contribution in [2.75, 3.05) is 36.8 Å². The summed E-state index contributed by atoms with van der Waals surface area (Å²) in [4.78, 5) is 34.7. The van der Waals surface area contributed by atoms with Crippen LogP contribution in [0.5, 0.6) is 0 Å². The number of piperazine rings is 1. The van der Waals surface area contributed by atoms with Gasteiger partial charge in [-0.2, -0.15) is 0 Å². The number of hydrogen-bond acceptors (Lipinski definition) is 5. The first-order chi connectivity index (χ1) is 17.3. The molecule has 190 valence electrons. The minimum Gasteiger partial charge on any atom is -0.368 e. The van der Waals surface area contributed by atoms with Gasteiger partial charge < -0.3 is 9.80 Å². The fourth-order valence-electron chi connectivity index (χ4n) is 4.52. The number of carbonyl (C=O) groups excluding carboxylic acids is 1. The third-order valence-electron chi connectivity index (χ3n) is 6.59. The average molecular weight is 525 g/mol. The first kappa shape index (κ1) is 26.3. The molecule has 2 heterocycles. The molecule has 0 unspecified atom stereocenters. The van der Waals surface area contributed by atoms with Gasteiger partial charge >= 0.3 is 0 Å². The van der Waals surface area contributed by atoms with Crippen molar-refractivity contribution in [1.29, 1.82) is 0 Å². The molecule has 6 nitrogen and oxygen atoms in total. The van der Waals surface area contributed by atoms with E-state index in [2.05, 4.69) is 30.0 Å². The predicted octanol–water partition coefficient (Wildman–Crippen LogP) is 4.86. The molecule has 0 saturated carbocycles. The molecule has 0 radical (unpaired) electrons. The van der Waals surface area contributed by atoms with Gasteiger partial charge in [0.15, 0.2) is 5.16 Å². The summed E-state index contributed by atoms with van der Waals surface area (Å²) in [5.74, 6) is 0.929. The highest BCUT2D eigenvalue weighted by Gasteiger charge is 2.21. The third kappa shape index (κ3) is 6.51. The largest absolute Gasteiger partial charge is 0.368 e. The molecule has 2 aromatic carbocycles. The lowest BCUT2D eigenvalue weighted by Crippen LogP contribution is -2.48. The number of thioether (sulfide) groups is 1. The maximum atomic E-state index is 13.0. The Morgan fingerprint density at radius 3 is 2.53 bits per heavy atom. The Balaban J connectivity index is 1.26. The number of hydrogen-bond donors (Lipinski definition) is 0. The van der Waals surface area contributed by atoms with E-state index in [4.69, 9.17) is 16.6 Å². The van der Waals surface area contributed by atoms with Crippen molar-refractivity contribution in [3.8, 4) is 0 Å². The second kappa shape index (κ2) is 12.0. The van der Waals surface area contributed by atoms with Crippen LogP contribution in [0.2, 0.25) is 5.02 Å². The molecule has 4 rings (SSSR count). The fraction of sp³-hybridized carbons (Fsp3) is 0.393. The molecule has 1 fully saturated rings. The highest BCUT2D eigenvalue weighted by Crippen LogP contribution is 2.22. The van der Waals surface area contributed by atoms with Crippen molar-refractivity contribution in [1.82, 2.24) is 14.5 Å². The van der Waals surface area contributed by atoms with Gasteiger partial charge in [-0.25, -0.2) is 4.98 Å². The quantitative estimate of drug-likeness (QED) is 0.239. The Morgan fingerprint density at radius 1 is 1.06 bits per heavy atom. The van der Waals surface area contributed by atoms with Crippen molar-refractivity contribution in [2.24, 2.45) is 7.05 Å². The molecule has 8 heteroatoms. The average Bonchev–Trinajstić information content (AvgIpc) is 2.87. The number of carbonyl (C=O) groups is 1. The Kier molecular flexibility index (Phi) is 8.75. The molecule has 1 aliphatic heterocycles. The van der Waals surface area contributed by atoms with E-state index < -0.39 is 0 Å². The zero-order valence-electron chi connectivity index (χ0n) is 21.2. The van der Waals surface area contributed by atoms with Gasteiger partial charge in [-0.15, -0.1) is 0 Å². The second-order valence-corrected chi connectivity index (χ2v) is 10.8. The second-order valence-electron chi connectivity index (χ2n) is 9.29. The lowest BCUT2D eigenvalue weighted by Gasteiger charge is -2.36. The molecule has 1 aliphatic rings. The summed E-state index contributed by atoms with van der Waals surface area (Å²) in [6.07, 6.45) is 1.83. The van der Waals surface area contributed by atoms with Crippen LogP contribution in [0.4, 0.5) is 5.69 Å². The van der Waals surface area contributed by atoms with Crippen molar-refractivity contribution in [3.63, 3.8) is 0 Å². The standard InChI is InChI=1S/C28H33ClN4O2S/c1-20-7-4-8-22(17-20)18-25-21(2)30-28(31(3)27(25)35)36-16-6-11-26(34)33-14-12-32(13-15-33)24-10-5-9-23(29)19-24/h4-5,7-10,17,19H,6,11-16,18H2,1-3H3. The highest BCUT2D eigenvalue weighted by atomic mass is 35.5. The minimum atomic E-state index is 0.000145. The van der Waals surface area contributed by atoms with Crippen LogP contribution in [0.15, 0.2) is 58.5 Å². The fourth-order valence-corrected chi connectivity index (χ4v) is 5.65. The minimum absolute atomic E-state index is 0.000145. The van der Waals surface area contributed by atoms with E-state index in [9.17, 15) is 9.59 Å². The van der Waals surface area contributed by atoms with Crippen LogP contribution in [0.25, 0.3) is 0 Å². The zero-order valence-corrected chi connectivity index (χ0v) is 22.7. The molecule has 36 heavy (non-hydrogen) atoms. The summed E-state index contributed by atoms with van der Waals surface area (Å²) < 4.78 is 1.64. The number of aryl methyl sites for hydroxylation is 2. The molecule has 0 bridgehead atoms. The molecule has 0 N–H and O–H groups in total. The van der Waals surface area contributed by atoms with E-state index in [0.717, 1.165) is 65.9 Å². The van der Waals surface area contributed by atoms with Gasteiger partial charge in [0, 0.05) is 73.8 Å². The Labute approximate surface area is 222 Å². The van der Waals surface area contributed by atoms with Gasteiger partial charge in [-0.05, 0) is 44.0 Å². The van der Waals surface area contributed by atoms with Crippen LogP contribution in [0, 0.1) is 13.8 Å². The van der Waals surface area contributed by atoms with Gasteiger partial charge in [0.1, 0.15) is 0 Å². The normalized spacial score (nSPS) is 13.8. The SMILES string of the molecule is Cc1cccc(Cc2c(C)nc(SCCCC(=O)N3CCN(c4cccc(Cl)c4)CC3)n(C)c2=O)c1. The molecule has 0 aliphatic carbocycles. The molecular formula is C28H33ClN4O2S. The summed E-state index contributed by atoms with van der Waals surface area (Å²) in [6, 6.07) is 16.1. The van der Waals surface area contributed by atoms with E-state index in [1.54, 1.807) is 23.4 Å². The summed E-state index contributed by atoms with van der Waals surface area (Å²) in [7, 11) is 1.78. The number of rotatable bonds is 8. The van der Waals surface area contributed by atoms with E-state index in [1.807, 2.05) is 42.2 Å². The maximum absolute atomic E-state index is 13.0. The molecule has 0 spiro atoms. The molecule has 1 saturated heterocycles. The first-order valence-corrected chi connectivity index (χ1v) is 13.7. The monoisotopic (exact) mass is 524 g/mol. The van der Waals surface area contributed by atoms with Gasteiger partial charge in [0.05, 0.1) is 0 Å². The predicted molar refractivity (Wildman–Crippen MR) is 148 cm³/mol. The van der Waals surface area contributed by atoms with E-state index in [1.165, 1.54) is 5.56 Å². The number of benzene rings is 2. The molecule has 3 aromatic rings. The zero-order chi connectivity index (χ0) is 25.7. The molecule has 1 aromatic heterocycles. The van der Waals surface area contributed by atoms with Crippen LogP contribution >= 0.6 is 23.4 Å². The lowest BCUT2D eigenvalue weighted by atomic mass is 10.0. The van der Waals surface area contributed by atoms with Crippen LogP contribution in [-0.2, 0) is 18.3 Å². The Hall–Kier alpha value is -2.77. The third-order valence-corrected chi connectivity index (χ3v) is 7.94. The van der Waals surface area contributed by atoms with Gasteiger partial charge in [-0.1, -0.05) is 59.3 Å². The van der Waals surface area contributed by atoms with Crippen molar-refractivity contribution < 1.29 is 4.79 Å². The number of halogens is 1. The molecule has 0 atom stereocenters. The lowest BCUT2D eigenvalue weighted by molar-refractivity contribution is -0.131. The van der Waals surface area contributed by atoms with Gasteiger partial charge in [-0.3, -0.25) is 14.2 Å². The molecule has 1 amide bonds. The number of amides is 1. The van der Waals surface area contributed by atoms with Crippen LogP contribution < -0.4 is 10.5 Å². The van der Waals surface area contributed by atoms with E-state index in [0.29, 0.717) is 18.0 Å². The van der Waals surface area contributed by atoms with Gasteiger partial charge in [0.25, 0.3) is 5.56 Å². The first-order valence-electron chi connectivity index (χ1n) is 12.3. The number of nitrogens with zero attached hydrogens (tertiary/aromatic N) is 4. The van der Waals surface area contributed by atoms with Crippen molar-refractivity contribution in [3.05, 3.63) is 86.3 Å². The maximum Gasteiger partial charge on any atom is 0.257 e. The highest BCUT2D eigenvalue weighted by molar-refractivity contribution is 7.99. The summed E-state index contributed by atoms with van der Waals surface area (Å²) in [5.41, 5.74) is 4.91. The summed E-state index contributed by atoms with van der Waals surface area (Å²) in [6.45, 7) is 7.01.